The molecule has 0 saturated heterocycles. The topological polar surface area (TPSA) is 21.6 Å². The Hall–Kier alpha value is -0.247. The van der Waals surface area contributed by atoms with Gasteiger partial charge in [-0.3, -0.25) is 0 Å². The van der Waals surface area contributed by atoms with Gasteiger partial charge in [0.1, 0.15) is 0 Å². The maximum atomic E-state index is 5.51. The van der Waals surface area contributed by atoms with Gasteiger partial charge >= 0.3 is 70.3 Å². The third kappa shape index (κ3) is 3.60. The fourth-order valence-electron chi connectivity index (χ4n) is 0.733. The molecule has 2 nitrogen and oxygen atoms in total. The zero-order valence-electron chi connectivity index (χ0n) is 7.42. The van der Waals surface area contributed by atoms with Crippen LogP contribution in [0.5, 0.6) is 0 Å². The molecule has 0 atom stereocenters. The first kappa shape index (κ1) is 8.85. The van der Waals surface area contributed by atoms with Crippen LogP contribution in [0.2, 0.25) is 17.3 Å². The standard InChI is InChI=1S/C8H15GeNO/c1-9(2,3)7-11-8-5-4-6-10-8/h4-5H,6-7H2,1-3H3. The molecule has 0 fully saturated rings. The van der Waals surface area contributed by atoms with Crippen LogP contribution >= 0.6 is 0 Å². The summed E-state index contributed by atoms with van der Waals surface area (Å²) >= 11 is -1.51. The van der Waals surface area contributed by atoms with Gasteiger partial charge in [0.15, 0.2) is 0 Å². The predicted octanol–water partition coefficient (Wildman–Crippen LogP) is 1.85. The van der Waals surface area contributed by atoms with Crippen molar-refractivity contribution in [2.45, 2.75) is 17.3 Å². The molecule has 0 radical (unpaired) electrons. The van der Waals surface area contributed by atoms with Crippen LogP contribution in [0.3, 0.4) is 0 Å². The molecular formula is C8H15GeNO. The van der Waals surface area contributed by atoms with Crippen LogP contribution in [0.1, 0.15) is 0 Å². The first-order chi connectivity index (χ1) is 5.08. The molecule has 11 heavy (non-hydrogen) atoms. The average molecular weight is 214 g/mol. The summed E-state index contributed by atoms with van der Waals surface area (Å²) in [5.41, 5.74) is 0.920. The van der Waals surface area contributed by atoms with E-state index in [2.05, 4.69) is 22.3 Å². The molecule has 0 aromatic rings. The molecule has 0 unspecified atom stereocenters. The number of hydrogen-bond donors (Lipinski definition) is 0. The minimum atomic E-state index is -1.51. The van der Waals surface area contributed by atoms with Gasteiger partial charge in [0, 0.05) is 0 Å². The molecule has 1 aliphatic heterocycles. The average Bonchev–Trinajstić information content (AvgIpc) is 2.32. The second kappa shape index (κ2) is 3.43. The Bertz CT molecular complexity index is 191. The van der Waals surface area contributed by atoms with E-state index >= 15 is 0 Å². The monoisotopic (exact) mass is 215 g/mol. The summed E-state index contributed by atoms with van der Waals surface area (Å²) in [7, 11) is 0. The molecule has 0 N–H and O–H groups in total. The number of rotatable bonds is 2. The molecule has 0 amide bonds. The molecular weight excluding hydrogens is 199 g/mol. The molecule has 1 heterocycles. The summed E-state index contributed by atoms with van der Waals surface area (Å²) in [5, 5.41) is 0. The summed E-state index contributed by atoms with van der Waals surface area (Å²) in [6.07, 6.45) is 3.97. The second-order valence-electron chi connectivity index (χ2n) is 3.93. The van der Waals surface area contributed by atoms with E-state index < -0.39 is 13.3 Å². The van der Waals surface area contributed by atoms with Crippen LogP contribution in [-0.2, 0) is 4.74 Å². The SMILES string of the molecule is [CH3][Ge]([CH3])([CH3])[CH2]OC1=NCC=C1. The summed E-state index contributed by atoms with van der Waals surface area (Å²) in [6, 6.07) is 0. The quantitative estimate of drug-likeness (QED) is 0.642. The van der Waals surface area contributed by atoms with Crippen LogP contribution < -0.4 is 0 Å². The van der Waals surface area contributed by atoms with Crippen LogP contribution in [-0.4, -0.2) is 31.1 Å². The van der Waals surface area contributed by atoms with E-state index in [1.165, 1.54) is 0 Å². The van der Waals surface area contributed by atoms with Crippen molar-refractivity contribution in [3.05, 3.63) is 12.2 Å². The van der Waals surface area contributed by atoms with E-state index in [4.69, 9.17) is 4.74 Å². The van der Waals surface area contributed by atoms with E-state index in [0.717, 1.165) is 17.9 Å². The van der Waals surface area contributed by atoms with Crippen LogP contribution in [0, 0.1) is 0 Å². The molecule has 0 aromatic heterocycles. The summed E-state index contributed by atoms with van der Waals surface area (Å²) in [6.45, 7) is 0.798. The van der Waals surface area contributed by atoms with Gasteiger partial charge in [0.25, 0.3) is 0 Å². The van der Waals surface area contributed by atoms with Crippen molar-refractivity contribution in [3.8, 4) is 0 Å². The van der Waals surface area contributed by atoms with Gasteiger partial charge in [0.05, 0.1) is 0 Å². The molecule has 0 bridgehead atoms. The van der Waals surface area contributed by atoms with Crippen molar-refractivity contribution >= 4 is 19.2 Å². The van der Waals surface area contributed by atoms with Crippen molar-refractivity contribution in [3.63, 3.8) is 0 Å². The van der Waals surface area contributed by atoms with Gasteiger partial charge < -0.3 is 0 Å². The van der Waals surface area contributed by atoms with E-state index in [0.29, 0.717) is 0 Å². The summed E-state index contributed by atoms with van der Waals surface area (Å²) in [4.78, 5) is 4.15. The van der Waals surface area contributed by atoms with Gasteiger partial charge in [-0.05, 0) is 0 Å². The molecule has 0 aliphatic carbocycles. The van der Waals surface area contributed by atoms with Crippen molar-refractivity contribution in [2.24, 2.45) is 4.99 Å². The van der Waals surface area contributed by atoms with Crippen LogP contribution in [0.25, 0.3) is 0 Å². The molecule has 0 aromatic carbocycles. The van der Waals surface area contributed by atoms with E-state index in [-0.39, 0.29) is 0 Å². The fourth-order valence-corrected chi connectivity index (χ4v) is 1.95. The maximum absolute atomic E-state index is 5.51. The second-order valence-corrected chi connectivity index (χ2v) is 15.3. The van der Waals surface area contributed by atoms with Crippen molar-refractivity contribution in [1.82, 2.24) is 0 Å². The molecule has 1 aliphatic rings. The Labute approximate surface area is 70.7 Å². The Morgan fingerprint density at radius 1 is 1.55 bits per heavy atom. The van der Waals surface area contributed by atoms with Gasteiger partial charge in [-0.2, -0.15) is 0 Å². The molecule has 0 spiro atoms. The number of hydrogen-bond acceptors (Lipinski definition) is 2. The minimum absolute atomic E-state index is 0.798. The zero-order valence-corrected chi connectivity index (χ0v) is 9.52. The molecule has 62 valence electrons. The van der Waals surface area contributed by atoms with Crippen molar-refractivity contribution in [1.29, 1.82) is 0 Å². The fraction of sp³-hybridized carbons (Fsp3) is 0.625. The zero-order chi connectivity index (χ0) is 8.32. The first-order valence-corrected chi connectivity index (χ1v) is 11.7. The number of nitrogens with zero attached hydrogens (tertiary/aromatic N) is 1. The van der Waals surface area contributed by atoms with E-state index in [9.17, 15) is 0 Å². The Morgan fingerprint density at radius 3 is 2.73 bits per heavy atom. The van der Waals surface area contributed by atoms with E-state index in [1.807, 2.05) is 12.2 Å². The van der Waals surface area contributed by atoms with Gasteiger partial charge in [-0.25, -0.2) is 0 Å². The normalized spacial score (nSPS) is 16.8. The summed E-state index contributed by atoms with van der Waals surface area (Å²) < 4.78 is 5.51. The first-order valence-electron chi connectivity index (χ1n) is 3.92. The number of aliphatic imine (C=N–C) groups is 1. The van der Waals surface area contributed by atoms with Crippen LogP contribution in [0.15, 0.2) is 17.1 Å². The van der Waals surface area contributed by atoms with Gasteiger partial charge in [0.2, 0.25) is 0 Å². The van der Waals surface area contributed by atoms with Crippen LogP contribution in [0.4, 0.5) is 0 Å². The molecule has 3 heteroatoms. The third-order valence-electron chi connectivity index (χ3n) is 1.27. The third-order valence-corrected chi connectivity index (χ3v) is 3.39. The Kier molecular flexibility index (Phi) is 2.76. The Morgan fingerprint density at radius 2 is 2.27 bits per heavy atom. The van der Waals surface area contributed by atoms with Crippen molar-refractivity contribution < 1.29 is 4.74 Å². The van der Waals surface area contributed by atoms with Gasteiger partial charge in [-0.1, -0.05) is 0 Å². The van der Waals surface area contributed by atoms with Gasteiger partial charge in [-0.15, -0.1) is 0 Å². The molecule has 0 saturated carbocycles. The van der Waals surface area contributed by atoms with E-state index in [1.54, 1.807) is 0 Å². The molecule has 1 rings (SSSR count). The van der Waals surface area contributed by atoms with Crippen molar-refractivity contribution in [2.75, 3.05) is 12.0 Å². The number of ether oxygens (including phenoxy) is 1. The predicted molar refractivity (Wildman–Crippen MR) is 50.7 cm³/mol. The Balaban J connectivity index is 2.28. The summed E-state index contributed by atoms with van der Waals surface area (Å²) in [5.74, 6) is 7.82.